The Kier molecular flexibility index (Phi) is 4.10. The summed E-state index contributed by atoms with van der Waals surface area (Å²) in [5, 5.41) is 8.41. The van der Waals surface area contributed by atoms with Gasteiger partial charge in [0.15, 0.2) is 0 Å². The van der Waals surface area contributed by atoms with Crippen LogP contribution in [0, 0.1) is 17.2 Å². The molecule has 0 aliphatic heterocycles. The summed E-state index contributed by atoms with van der Waals surface area (Å²) in [7, 11) is 0. The van der Waals surface area contributed by atoms with Crippen LogP contribution >= 0.6 is 0 Å². The van der Waals surface area contributed by atoms with Crippen molar-refractivity contribution in [1.82, 2.24) is 0 Å². The number of hydrogen-bond acceptors (Lipinski definition) is 2. The predicted molar refractivity (Wildman–Crippen MR) is 49.4 cm³/mol. The molecule has 1 saturated carbocycles. The molecule has 0 heterocycles. The second kappa shape index (κ2) is 5.16. The predicted octanol–water partition coefficient (Wildman–Crippen LogP) is 2.20. The van der Waals surface area contributed by atoms with E-state index in [1.807, 2.05) is 0 Å². The summed E-state index contributed by atoms with van der Waals surface area (Å²) in [6.07, 6.45) is 8.13. The van der Waals surface area contributed by atoms with E-state index in [1.54, 1.807) is 0 Å². The van der Waals surface area contributed by atoms with Gasteiger partial charge in [0, 0.05) is 12.5 Å². The molecule has 12 heavy (non-hydrogen) atoms. The second-order valence-corrected chi connectivity index (χ2v) is 3.76. The minimum absolute atomic E-state index is 0.282. The van der Waals surface area contributed by atoms with E-state index >= 15 is 0 Å². The summed E-state index contributed by atoms with van der Waals surface area (Å²) in [6.45, 7) is 0. The molecule has 0 radical (unpaired) electrons. The van der Waals surface area contributed by atoms with Crippen LogP contribution < -0.4 is 5.73 Å². The van der Waals surface area contributed by atoms with Crippen molar-refractivity contribution >= 4 is 0 Å². The lowest BCUT2D eigenvalue weighted by Crippen LogP contribution is -2.31. The molecule has 2 N–H and O–H groups in total. The smallest absolute Gasteiger partial charge is 0.0622 e. The van der Waals surface area contributed by atoms with Gasteiger partial charge >= 0.3 is 0 Å². The summed E-state index contributed by atoms with van der Waals surface area (Å²) in [6, 6.07) is 2.44. The monoisotopic (exact) mass is 166 g/mol. The van der Waals surface area contributed by atoms with Gasteiger partial charge in [-0.05, 0) is 25.2 Å². The highest BCUT2D eigenvalue weighted by molar-refractivity contribution is 4.80. The molecule has 1 rings (SSSR count). The van der Waals surface area contributed by atoms with Crippen LogP contribution in [0.25, 0.3) is 0 Å². The molecular formula is C10H18N2. The maximum Gasteiger partial charge on any atom is 0.0622 e. The first kappa shape index (κ1) is 9.54. The van der Waals surface area contributed by atoms with Crippen LogP contribution in [-0.2, 0) is 0 Å². The van der Waals surface area contributed by atoms with E-state index in [-0.39, 0.29) is 6.04 Å². The van der Waals surface area contributed by atoms with Crippen molar-refractivity contribution in [3.05, 3.63) is 0 Å². The average molecular weight is 166 g/mol. The first-order valence-corrected chi connectivity index (χ1v) is 4.97. The topological polar surface area (TPSA) is 49.8 Å². The third kappa shape index (κ3) is 2.83. The van der Waals surface area contributed by atoms with Crippen LogP contribution in [0.2, 0.25) is 0 Å². The molecule has 68 valence electrons. The van der Waals surface area contributed by atoms with E-state index in [2.05, 4.69) is 6.07 Å². The molecule has 0 aromatic heterocycles. The molecule has 0 spiro atoms. The summed E-state index contributed by atoms with van der Waals surface area (Å²) in [5.74, 6) is 0.701. The van der Waals surface area contributed by atoms with Gasteiger partial charge in [0.2, 0.25) is 0 Å². The number of nitriles is 1. The molecular weight excluding hydrogens is 148 g/mol. The van der Waals surface area contributed by atoms with Gasteiger partial charge in [-0.2, -0.15) is 5.26 Å². The van der Waals surface area contributed by atoms with Gasteiger partial charge in [0.25, 0.3) is 0 Å². The van der Waals surface area contributed by atoms with Crippen molar-refractivity contribution in [3.8, 4) is 6.07 Å². The molecule has 2 heteroatoms. The number of nitrogens with zero attached hydrogens (tertiary/aromatic N) is 1. The molecule has 0 saturated heterocycles. The zero-order valence-electron chi connectivity index (χ0n) is 7.63. The summed E-state index contributed by atoms with van der Waals surface area (Å²) >= 11 is 0. The van der Waals surface area contributed by atoms with Gasteiger partial charge < -0.3 is 5.73 Å². The van der Waals surface area contributed by atoms with E-state index in [9.17, 15) is 0 Å². The Hall–Kier alpha value is -0.550. The second-order valence-electron chi connectivity index (χ2n) is 3.76. The van der Waals surface area contributed by atoms with Crippen LogP contribution in [0.5, 0.6) is 0 Å². The molecule has 1 fully saturated rings. The Labute approximate surface area is 74.8 Å². The van der Waals surface area contributed by atoms with Gasteiger partial charge in [0.1, 0.15) is 0 Å². The van der Waals surface area contributed by atoms with E-state index in [1.165, 1.54) is 32.1 Å². The zero-order chi connectivity index (χ0) is 8.81. The van der Waals surface area contributed by atoms with Crippen molar-refractivity contribution in [2.24, 2.45) is 11.7 Å². The van der Waals surface area contributed by atoms with Crippen LogP contribution in [0.4, 0.5) is 0 Å². The molecule has 1 aliphatic carbocycles. The minimum atomic E-state index is 0.282. The van der Waals surface area contributed by atoms with Crippen LogP contribution in [0.1, 0.15) is 44.9 Å². The van der Waals surface area contributed by atoms with E-state index in [0.717, 1.165) is 6.42 Å². The third-order valence-corrected chi connectivity index (χ3v) is 2.84. The fraction of sp³-hybridized carbons (Fsp3) is 0.900. The lowest BCUT2D eigenvalue weighted by molar-refractivity contribution is 0.296. The molecule has 1 atom stereocenters. The summed E-state index contributed by atoms with van der Waals surface area (Å²) in [4.78, 5) is 0. The van der Waals surface area contributed by atoms with Gasteiger partial charge in [0.05, 0.1) is 6.07 Å². The van der Waals surface area contributed by atoms with Gasteiger partial charge in [-0.15, -0.1) is 0 Å². The highest BCUT2D eigenvalue weighted by Crippen LogP contribution is 2.26. The average Bonchev–Trinajstić information content (AvgIpc) is 2.15. The molecule has 0 amide bonds. The van der Waals surface area contributed by atoms with Crippen molar-refractivity contribution in [1.29, 1.82) is 5.26 Å². The Morgan fingerprint density at radius 3 is 2.58 bits per heavy atom. The van der Waals surface area contributed by atoms with E-state index < -0.39 is 0 Å². The number of hydrogen-bond donors (Lipinski definition) is 1. The summed E-state index contributed by atoms with van der Waals surface area (Å²) in [5.41, 5.74) is 5.98. The molecule has 1 aliphatic rings. The van der Waals surface area contributed by atoms with Crippen LogP contribution in [-0.4, -0.2) is 6.04 Å². The van der Waals surface area contributed by atoms with E-state index in [0.29, 0.717) is 12.3 Å². The van der Waals surface area contributed by atoms with Crippen molar-refractivity contribution in [2.45, 2.75) is 51.0 Å². The lowest BCUT2D eigenvalue weighted by atomic mass is 9.83. The first-order valence-electron chi connectivity index (χ1n) is 4.97. The van der Waals surface area contributed by atoms with Crippen molar-refractivity contribution < 1.29 is 0 Å². The van der Waals surface area contributed by atoms with Gasteiger partial charge in [-0.3, -0.25) is 0 Å². The SMILES string of the molecule is N#CCCC(N)C1CCCCC1. The Balaban J connectivity index is 2.21. The lowest BCUT2D eigenvalue weighted by Gasteiger charge is -2.26. The van der Waals surface area contributed by atoms with E-state index in [4.69, 9.17) is 11.0 Å². The van der Waals surface area contributed by atoms with Crippen LogP contribution in [0.3, 0.4) is 0 Å². The normalized spacial score (nSPS) is 21.7. The first-order chi connectivity index (χ1) is 5.84. The quantitative estimate of drug-likeness (QED) is 0.698. The van der Waals surface area contributed by atoms with Crippen molar-refractivity contribution in [2.75, 3.05) is 0 Å². The maximum absolute atomic E-state index is 8.41. The zero-order valence-corrected chi connectivity index (χ0v) is 7.63. The Morgan fingerprint density at radius 2 is 2.00 bits per heavy atom. The molecule has 0 bridgehead atoms. The fourth-order valence-electron chi connectivity index (χ4n) is 2.03. The number of rotatable bonds is 3. The number of nitrogens with two attached hydrogens (primary N) is 1. The summed E-state index contributed by atoms with van der Waals surface area (Å²) < 4.78 is 0. The van der Waals surface area contributed by atoms with Crippen molar-refractivity contribution in [3.63, 3.8) is 0 Å². The fourth-order valence-corrected chi connectivity index (χ4v) is 2.03. The molecule has 2 nitrogen and oxygen atoms in total. The van der Waals surface area contributed by atoms with Gasteiger partial charge in [-0.1, -0.05) is 19.3 Å². The molecule has 1 unspecified atom stereocenters. The minimum Gasteiger partial charge on any atom is -0.327 e. The Bertz CT molecular complexity index is 154. The third-order valence-electron chi connectivity index (χ3n) is 2.84. The largest absolute Gasteiger partial charge is 0.327 e. The standard InChI is InChI=1S/C10H18N2/c11-8-4-7-10(12)9-5-2-1-3-6-9/h9-10H,1-7,12H2. The maximum atomic E-state index is 8.41. The van der Waals surface area contributed by atoms with Crippen LogP contribution in [0.15, 0.2) is 0 Å². The highest BCUT2D eigenvalue weighted by Gasteiger charge is 2.19. The Morgan fingerprint density at radius 1 is 1.33 bits per heavy atom. The highest BCUT2D eigenvalue weighted by atomic mass is 14.6. The van der Waals surface area contributed by atoms with Gasteiger partial charge in [-0.25, -0.2) is 0 Å². The molecule has 0 aromatic carbocycles. The molecule has 0 aromatic rings.